The highest BCUT2D eigenvalue weighted by atomic mass is 32.2. The van der Waals surface area contributed by atoms with Crippen LogP contribution in [-0.4, -0.2) is 42.6 Å². The van der Waals surface area contributed by atoms with E-state index in [9.17, 15) is 27.2 Å². The predicted molar refractivity (Wildman–Crippen MR) is 151 cm³/mol. The van der Waals surface area contributed by atoms with E-state index in [-0.39, 0.29) is 39.7 Å². The number of halogens is 4. The molecule has 42 heavy (non-hydrogen) atoms. The summed E-state index contributed by atoms with van der Waals surface area (Å²) in [5, 5.41) is 6.76. The van der Waals surface area contributed by atoms with Gasteiger partial charge in [0.15, 0.2) is 16.8 Å². The molecule has 9 nitrogen and oxygen atoms in total. The number of carbonyl (C=O) groups is 2. The number of hydrogen-bond acceptors (Lipinski definition) is 6. The first-order valence-electron chi connectivity index (χ1n) is 12.7. The van der Waals surface area contributed by atoms with E-state index in [0.29, 0.717) is 11.9 Å². The molecule has 5 rings (SSSR count). The van der Waals surface area contributed by atoms with Crippen LogP contribution >= 0.6 is 11.8 Å². The molecule has 3 amide bonds. The number of rotatable bonds is 6. The quantitative estimate of drug-likeness (QED) is 0.257. The average Bonchev–Trinajstić information content (AvgIpc) is 3.58. The first-order valence-corrected chi connectivity index (χ1v) is 13.7. The van der Waals surface area contributed by atoms with Crippen molar-refractivity contribution < 1.29 is 27.2 Å². The van der Waals surface area contributed by atoms with Crippen molar-refractivity contribution in [1.29, 1.82) is 0 Å². The highest BCUT2D eigenvalue weighted by Crippen LogP contribution is 2.32. The van der Waals surface area contributed by atoms with Crippen LogP contribution in [0.2, 0.25) is 0 Å². The Morgan fingerprint density at radius 1 is 1.12 bits per heavy atom. The molecule has 0 radical (unpaired) electrons. The van der Waals surface area contributed by atoms with Crippen molar-refractivity contribution in [2.75, 3.05) is 16.0 Å². The van der Waals surface area contributed by atoms with E-state index >= 15 is 0 Å². The average molecular weight is 598 g/mol. The lowest BCUT2D eigenvalue weighted by atomic mass is 10.0. The SMILES string of the molecule is CCCc1ccc(C)cc1N1C(=O)CS/C1=N\C(=O)Nc1ccc(-c2ncn(-c3ccc(C(F)(F)F)cn3)n2)cc1F. The zero-order valence-electron chi connectivity index (χ0n) is 22.3. The number of nitrogens with one attached hydrogen (secondary N) is 1. The molecule has 1 fully saturated rings. The number of thioether (sulfide) groups is 1. The summed E-state index contributed by atoms with van der Waals surface area (Å²) in [7, 11) is 0. The largest absolute Gasteiger partial charge is 0.417 e. The van der Waals surface area contributed by atoms with E-state index in [1.807, 2.05) is 32.0 Å². The Labute approximate surface area is 241 Å². The molecular formula is C28H23F4N7O2S. The number of urea groups is 1. The Bertz CT molecular complexity index is 1690. The number of aliphatic imine (C=N–C) groups is 1. The number of aryl methyl sites for hydroxylation is 2. The van der Waals surface area contributed by atoms with Gasteiger partial charge < -0.3 is 5.32 Å². The molecule has 4 aromatic rings. The van der Waals surface area contributed by atoms with Crippen molar-refractivity contribution in [2.45, 2.75) is 32.9 Å². The van der Waals surface area contributed by atoms with Gasteiger partial charge in [-0.3, -0.25) is 9.69 Å². The first-order chi connectivity index (χ1) is 20.0. The third-order valence-corrected chi connectivity index (χ3v) is 7.16. The summed E-state index contributed by atoms with van der Waals surface area (Å²) in [6.45, 7) is 3.94. The number of amidine groups is 1. The first kappa shape index (κ1) is 28.9. The van der Waals surface area contributed by atoms with Gasteiger partial charge in [0.05, 0.1) is 22.7 Å². The molecule has 14 heteroatoms. The predicted octanol–water partition coefficient (Wildman–Crippen LogP) is 6.42. The second-order valence-corrected chi connectivity index (χ2v) is 10.3. The molecular weight excluding hydrogens is 574 g/mol. The summed E-state index contributed by atoms with van der Waals surface area (Å²) >= 11 is 1.12. The maximum atomic E-state index is 15.0. The third kappa shape index (κ3) is 6.17. The number of amides is 3. The van der Waals surface area contributed by atoms with Gasteiger partial charge in [-0.05, 0) is 60.9 Å². The summed E-state index contributed by atoms with van der Waals surface area (Å²) in [6, 6.07) is 10.8. The molecule has 0 spiro atoms. The number of carbonyl (C=O) groups excluding carboxylic acids is 2. The molecule has 1 saturated heterocycles. The molecule has 1 N–H and O–H groups in total. The highest BCUT2D eigenvalue weighted by Gasteiger charge is 2.32. The molecule has 2 aromatic heterocycles. The van der Waals surface area contributed by atoms with Crippen molar-refractivity contribution in [1.82, 2.24) is 19.7 Å². The van der Waals surface area contributed by atoms with E-state index in [1.54, 1.807) is 0 Å². The minimum Gasteiger partial charge on any atom is -0.303 e. The van der Waals surface area contributed by atoms with Gasteiger partial charge in [-0.15, -0.1) is 5.10 Å². The molecule has 0 bridgehead atoms. The van der Waals surface area contributed by atoms with E-state index in [1.165, 1.54) is 23.4 Å². The fourth-order valence-electron chi connectivity index (χ4n) is 4.23. The van der Waals surface area contributed by atoms with E-state index in [4.69, 9.17) is 0 Å². The molecule has 0 atom stereocenters. The van der Waals surface area contributed by atoms with Crippen molar-refractivity contribution in [2.24, 2.45) is 4.99 Å². The molecule has 1 aliphatic rings. The minimum absolute atomic E-state index is 0.0891. The molecule has 3 heterocycles. The van der Waals surface area contributed by atoms with Crippen molar-refractivity contribution >= 4 is 40.2 Å². The van der Waals surface area contributed by atoms with Crippen LogP contribution in [0.1, 0.15) is 30.0 Å². The lowest BCUT2D eigenvalue weighted by molar-refractivity contribution is -0.137. The van der Waals surface area contributed by atoms with Gasteiger partial charge in [0.1, 0.15) is 12.1 Å². The van der Waals surface area contributed by atoms with Crippen LogP contribution in [0, 0.1) is 12.7 Å². The maximum Gasteiger partial charge on any atom is 0.417 e. The zero-order chi connectivity index (χ0) is 30.0. The van der Waals surface area contributed by atoms with Crippen LogP contribution in [0.4, 0.5) is 33.7 Å². The van der Waals surface area contributed by atoms with Crippen LogP contribution in [0.15, 0.2) is 66.0 Å². The Kier molecular flexibility index (Phi) is 8.07. The fraction of sp³-hybridized carbons (Fsp3) is 0.214. The van der Waals surface area contributed by atoms with Crippen LogP contribution in [0.25, 0.3) is 17.2 Å². The molecule has 0 aliphatic carbocycles. The van der Waals surface area contributed by atoms with Gasteiger partial charge in [-0.25, -0.2) is 23.8 Å². The molecule has 216 valence electrons. The standard InChI is InChI=1S/C28H23F4N7O2S/c1-3-4-17-6-5-16(2)11-22(17)39-24(40)14-42-27(39)36-26(41)35-21-9-7-18(12-20(21)29)25-34-15-38(37-25)23-10-8-19(13-33-23)28(30,31)32/h5-13,15H,3-4,14H2,1-2H3,(H,35,41)/b36-27-. The van der Waals surface area contributed by atoms with Crippen LogP contribution in [0.3, 0.4) is 0 Å². The van der Waals surface area contributed by atoms with Gasteiger partial charge in [-0.1, -0.05) is 37.2 Å². The Morgan fingerprint density at radius 2 is 1.93 bits per heavy atom. The normalized spacial score (nSPS) is 14.6. The molecule has 2 aromatic carbocycles. The van der Waals surface area contributed by atoms with Crippen molar-refractivity contribution in [3.8, 4) is 17.2 Å². The van der Waals surface area contributed by atoms with Gasteiger partial charge in [0.2, 0.25) is 5.91 Å². The van der Waals surface area contributed by atoms with Crippen molar-refractivity contribution in [3.05, 3.63) is 83.6 Å². The van der Waals surface area contributed by atoms with E-state index in [0.717, 1.165) is 58.6 Å². The molecule has 0 saturated carbocycles. The number of hydrogen-bond donors (Lipinski definition) is 1. The van der Waals surface area contributed by atoms with Gasteiger partial charge in [0.25, 0.3) is 0 Å². The lowest BCUT2D eigenvalue weighted by Gasteiger charge is -2.20. The number of pyridine rings is 1. The Hall–Kier alpha value is -4.59. The smallest absolute Gasteiger partial charge is 0.303 e. The summed E-state index contributed by atoms with van der Waals surface area (Å²) in [6.07, 6.45) is -0.988. The Morgan fingerprint density at radius 3 is 2.62 bits per heavy atom. The van der Waals surface area contributed by atoms with Gasteiger partial charge in [-0.2, -0.15) is 18.2 Å². The second kappa shape index (κ2) is 11.7. The molecule has 0 unspecified atom stereocenters. The van der Waals surface area contributed by atoms with Crippen LogP contribution in [-0.2, 0) is 17.4 Å². The second-order valence-electron chi connectivity index (χ2n) is 9.33. The lowest BCUT2D eigenvalue weighted by Crippen LogP contribution is -2.31. The summed E-state index contributed by atoms with van der Waals surface area (Å²) in [5.74, 6) is -0.693. The third-order valence-electron chi connectivity index (χ3n) is 6.23. The van der Waals surface area contributed by atoms with Crippen LogP contribution in [0.5, 0.6) is 0 Å². The maximum absolute atomic E-state index is 15.0. The number of benzene rings is 2. The van der Waals surface area contributed by atoms with E-state index in [2.05, 4.69) is 25.4 Å². The molecule has 1 aliphatic heterocycles. The van der Waals surface area contributed by atoms with Gasteiger partial charge >= 0.3 is 12.2 Å². The number of nitrogens with zero attached hydrogens (tertiary/aromatic N) is 6. The number of aromatic nitrogens is 4. The van der Waals surface area contributed by atoms with Crippen LogP contribution < -0.4 is 10.2 Å². The minimum atomic E-state index is -4.52. The topological polar surface area (TPSA) is 105 Å². The number of alkyl halides is 3. The summed E-state index contributed by atoms with van der Waals surface area (Å²) < 4.78 is 54.5. The fourth-order valence-corrected chi connectivity index (χ4v) is 5.08. The summed E-state index contributed by atoms with van der Waals surface area (Å²) in [4.78, 5) is 38.8. The summed E-state index contributed by atoms with van der Waals surface area (Å²) in [5.41, 5.74) is 1.79. The Balaban J connectivity index is 1.32. The van der Waals surface area contributed by atoms with Gasteiger partial charge in [0, 0.05) is 11.8 Å². The van der Waals surface area contributed by atoms with Crippen molar-refractivity contribution in [3.63, 3.8) is 0 Å². The zero-order valence-corrected chi connectivity index (χ0v) is 23.1. The highest BCUT2D eigenvalue weighted by molar-refractivity contribution is 8.15. The number of anilines is 2. The monoisotopic (exact) mass is 597 g/mol. The van der Waals surface area contributed by atoms with E-state index < -0.39 is 23.6 Å².